The molecule has 3 rings (SSSR count). The summed E-state index contributed by atoms with van der Waals surface area (Å²) in [7, 11) is 0. The Hall–Kier alpha value is -3.61. The molecule has 0 unspecified atom stereocenters. The van der Waals surface area contributed by atoms with Gasteiger partial charge in [0.05, 0.1) is 29.3 Å². The van der Waals surface area contributed by atoms with Crippen LogP contribution in [0.2, 0.25) is 0 Å². The monoisotopic (exact) mass is 348 g/mol. The molecule has 1 heterocycles. The second-order valence-electron chi connectivity index (χ2n) is 5.64. The first-order chi connectivity index (χ1) is 12.5. The molecule has 0 atom stereocenters. The van der Waals surface area contributed by atoms with Crippen LogP contribution < -0.4 is 4.74 Å². The van der Waals surface area contributed by atoms with E-state index in [9.17, 15) is 9.90 Å². The maximum Gasteiger partial charge on any atom is 0.343 e. The van der Waals surface area contributed by atoms with Crippen LogP contribution in [0.5, 0.6) is 11.5 Å². The zero-order chi connectivity index (χ0) is 18.5. The van der Waals surface area contributed by atoms with Crippen molar-refractivity contribution in [1.29, 1.82) is 0 Å². The Morgan fingerprint density at radius 2 is 1.54 bits per heavy atom. The molecule has 0 amide bonds. The van der Waals surface area contributed by atoms with Gasteiger partial charge in [0.25, 0.3) is 0 Å². The Bertz CT molecular complexity index is 931. The van der Waals surface area contributed by atoms with E-state index in [2.05, 4.69) is 20.2 Å². The van der Waals surface area contributed by atoms with Crippen molar-refractivity contribution in [1.82, 2.24) is 9.97 Å². The van der Waals surface area contributed by atoms with Crippen LogP contribution in [0.25, 0.3) is 0 Å². The van der Waals surface area contributed by atoms with Crippen molar-refractivity contribution < 1.29 is 14.6 Å². The van der Waals surface area contributed by atoms with Crippen LogP contribution in [-0.4, -0.2) is 21.0 Å². The molecular weight excluding hydrogens is 332 g/mol. The van der Waals surface area contributed by atoms with Gasteiger partial charge in [-0.2, -0.15) is 10.2 Å². The molecule has 0 radical (unpaired) electrons. The van der Waals surface area contributed by atoms with Crippen molar-refractivity contribution in [2.75, 3.05) is 0 Å². The highest BCUT2D eigenvalue weighted by Gasteiger charge is 2.09. The minimum atomic E-state index is -0.506. The van der Waals surface area contributed by atoms with Crippen LogP contribution in [0.1, 0.15) is 21.5 Å². The average Bonchev–Trinajstić information content (AvgIpc) is 2.65. The minimum Gasteiger partial charge on any atom is -0.507 e. The maximum atomic E-state index is 12.1. The van der Waals surface area contributed by atoms with Crippen molar-refractivity contribution in [3.05, 3.63) is 71.8 Å². The molecule has 1 N–H and O–H groups in total. The summed E-state index contributed by atoms with van der Waals surface area (Å²) in [6, 6.07) is 10.0. The summed E-state index contributed by atoms with van der Waals surface area (Å²) in [5.41, 5.74) is 3.09. The number of nitrogens with zero attached hydrogens (tertiary/aromatic N) is 4. The van der Waals surface area contributed by atoms with Crippen molar-refractivity contribution in [3.63, 3.8) is 0 Å². The number of azo groups is 1. The molecule has 0 fully saturated rings. The van der Waals surface area contributed by atoms with E-state index >= 15 is 0 Å². The van der Waals surface area contributed by atoms with E-state index in [1.54, 1.807) is 50.2 Å². The standard InChI is InChI=1S/C19H16N4O3/c1-12-7-16(8-13(2)18(12)24)23-22-15-5-3-14(4-6-15)19(25)26-17-9-20-11-21-10-17/h3-11,24H,1-2H3. The number of carbonyl (C=O) groups excluding carboxylic acids is 1. The topological polar surface area (TPSA) is 97.0 Å². The van der Waals surface area contributed by atoms with Gasteiger partial charge in [-0.1, -0.05) is 0 Å². The van der Waals surface area contributed by atoms with Crippen LogP contribution in [-0.2, 0) is 0 Å². The molecule has 1 aromatic heterocycles. The average molecular weight is 348 g/mol. The summed E-state index contributed by atoms with van der Waals surface area (Å²) in [5, 5.41) is 18.1. The van der Waals surface area contributed by atoms with Gasteiger partial charge >= 0.3 is 5.97 Å². The second-order valence-corrected chi connectivity index (χ2v) is 5.64. The second kappa shape index (κ2) is 7.52. The third-order valence-electron chi connectivity index (χ3n) is 3.61. The number of aryl methyl sites for hydroxylation is 2. The zero-order valence-corrected chi connectivity index (χ0v) is 14.2. The van der Waals surface area contributed by atoms with Gasteiger partial charge in [-0.05, 0) is 61.4 Å². The maximum absolute atomic E-state index is 12.1. The van der Waals surface area contributed by atoms with Gasteiger partial charge < -0.3 is 9.84 Å². The van der Waals surface area contributed by atoms with E-state index in [0.717, 1.165) is 11.1 Å². The molecule has 7 heteroatoms. The molecule has 0 saturated heterocycles. The summed E-state index contributed by atoms with van der Waals surface area (Å²) in [6.07, 6.45) is 4.18. The van der Waals surface area contributed by atoms with Gasteiger partial charge in [0.2, 0.25) is 0 Å². The van der Waals surface area contributed by atoms with Crippen molar-refractivity contribution in [3.8, 4) is 11.5 Å². The van der Waals surface area contributed by atoms with Gasteiger partial charge in [0.1, 0.15) is 12.1 Å². The Morgan fingerprint density at radius 3 is 2.15 bits per heavy atom. The molecule has 0 aliphatic carbocycles. The van der Waals surface area contributed by atoms with Crippen LogP contribution >= 0.6 is 0 Å². The normalized spacial score (nSPS) is 10.8. The Morgan fingerprint density at radius 1 is 0.962 bits per heavy atom. The van der Waals surface area contributed by atoms with Gasteiger partial charge in [0.15, 0.2) is 5.75 Å². The first-order valence-corrected chi connectivity index (χ1v) is 7.82. The van der Waals surface area contributed by atoms with Crippen LogP contribution in [0.3, 0.4) is 0 Å². The third-order valence-corrected chi connectivity index (χ3v) is 3.61. The summed E-state index contributed by atoms with van der Waals surface area (Å²) in [4.78, 5) is 19.6. The Kier molecular flexibility index (Phi) is 4.98. The molecule has 0 aliphatic rings. The molecule has 3 aromatic rings. The SMILES string of the molecule is Cc1cc(N=Nc2ccc(C(=O)Oc3cncnc3)cc2)cc(C)c1O. The predicted molar refractivity (Wildman–Crippen MR) is 95.2 cm³/mol. The van der Waals surface area contributed by atoms with E-state index < -0.39 is 5.97 Å². The van der Waals surface area contributed by atoms with E-state index in [1.807, 2.05) is 0 Å². The number of benzene rings is 2. The lowest BCUT2D eigenvalue weighted by atomic mass is 10.1. The number of rotatable bonds is 4. The smallest absolute Gasteiger partial charge is 0.343 e. The molecule has 130 valence electrons. The molecule has 0 spiro atoms. The molecule has 2 aromatic carbocycles. The number of hydrogen-bond acceptors (Lipinski definition) is 7. The van der Waals surface area contributed by atoms with Crippen LogP contribution in [0.15, 0.2) is 65.3 Å². The number of ether oxygens (including phenoxy) is 1. The number of aromatic nitrogens is 2. The van der Waals surface area contributed by atoms with Gasteiger partial charge in [-0.3, -0.25) is 0 Å². The number of phenolic OH excluding ortho intramolecular Hbond substituents is 1. The zero-order valence-electron chi connectivity index (χ0n) is 14.2. The number of hydrogen-bond donors (Lipinski definition) is 1. The van der Waals surface area contributed by atoms with Crippen LogP contribution in [0.4, 0.5) is 11.4 Å². The fourth-order valence-electron chi connectivity index (χ4n) is 2.27. The van der Waals surface area contributed by atoms with Gasteiger partial charge in [0, 0.05) is 0 Å². The fraction of sp³-hybridized carbons (Fsp3) is 0.105. The number of phenols is 1. The largest absolute Gasteiger partial charge is 0.507 e. The van der Waals surface area contributed by atoms with Crippen molar-refractivity contribution >= 4 is 17.3 Å². The number of carbonyl (C=O) groups is 1. The summed E-state index contributed by atoms with van der Waals surface area (Å²) < 4.78 is 5.17. The molecule has 26 heavy (non-hydrogen) atoms. The van der Waals surface area contributed by atoms with E-state index in [1.165, 1.54) is 18.7 Å². The molecule has 0 aliphatic heterocycles. The lowest BCUT2D eigenvalue weighted by Crippen LogP contribution is -2.08. The molecule has 7 nitrogen and oxygen atoms in total. The lowest BCUT2D eigenvalue weighted by molar-refractivity contribution is 0.0733. The number of aromatic hydroxyl groups is 1. The highest BCUT2D eigenvalue weighted by molar-refractivity contribution is 5.91. The first kappa shape index (κ1) is 17.2. The minimum absolute atomic E-state index is 0.260. The quantitative estimate of drug-likeness (QED) is 0.555. The lowest BCUT2D eigenvalue weighted by Gasteiger charge is -2.04. The van der Waals surface area contributed by atoms with Crippen molar-refractivity contribution in [2.24, 2.45) is 10.2 Å². The molecule has 0 bridgehead atoms. The summed E-state index contributed by atoms with van der Waals surface area (Å²) >= 11 is 0. The van der Waals surface area contributed by atoms with Crippen molar-refractivity contribution in [2.45, 2.75) is 13.8 Å². The van der Waals surface area contributed by atoms with Gasteiger partial charge in [-0.25, -0.2) is 14.8 Å². The summed E-state index contributed by atoms with van der Waals surface area (Å²) in [5.74, 6) is 0.0306. The predicted octanol–water partition coefficient (Wildman–Crippen LogP) is 4.43. The van der Waals surface area contributed by atoms with E-state index in [0.29, 0.717) is 16.9 Å². The van der Waals surface area contributed by atoms with Gasteiger partial charge in [-0.15, -0.1) is 0 Å². The fourth-order valence-corrected chi connectivity index (χ4v) is 2.27. The Labute approximate surface area is 150 Å². The first-order valence-electron chi connectivity index (χ1n) is 7.82. The molecular formula is C19H16N4O3. The Balaban J connectivity index is 1.70. The highest BCUT2D eigenvalue weighted by Crippen LogP contribution is 2.28. The third kappa shape index (κ3) is 4.07. The molecule has 0 saturated carbocycles. The van der Waals surface area contributed by atoms with E-state index in [-0.39, 0.29) is 11.5 Å². The summed E-state index contributed by atoms with van der Waals surface area (Å²) in [6.45, 7) is 3.61. The highest BCUT2D eigenvalue weighted by atomic mass is 16.5. The van der Waals surface area contributed by atoms with E-state index in [4.69, 9.17) is 4.74 Å². The number of esters is 1. The van der Waals surface area contributed by atoms with Crippen LogP contribution in [0, 0.1) is 13.8 Å².